The average Bonchev–Trinajstić information content (AvgIpc) is 2.14. The lowest BCUT2D eigenvalue weighted by Crippen LogP contribution is -2.32. The molecule has 0 aliphatic carbocycles. The molecule has 1 aromatic rings. The maximum absolute atomic E-state index is 13.2. The van der Waals surface area contributed by atoms with Crippen LogP contribution in [0.2, 0.25) is 0 Å². The Morgan fingerprint density at radius 3 is 2.18 bits per heavy atom. The molecular formula is C10H8F3NO2S. The second kappa shape index (κ2) is 4.77. The third-order valence-electron chi connectivity index (χ3n) is 1.81. The van der Waals surface area contributed by atoms with E-state index in [1.165, 1.54) is 6.92 Å². The van der Waals surface area contributed by atoms with Crippen LogP contribution in [0.5, 0.6) is 0 Å². The molecule has 3 nitrogen and oxygen atoms in total. The summed E-state index contributed by atoms with van der Waals surface area (Å²) in [4.78, 5) is -1.25. The fourth-order valence-corrected chi connectivity index (χ4v) is 2.39. The summed E-state index contributed by atoms with van der Waals surface area (Å²) in [5, 5.41) is 0. The Bertz CT molecular complexity index is 555. The Morgan fingerprint density at radius 1 is 1.29 bits per heavy atom. The first-order valence-electron chi connectivity index (χ1n) is 4.41. The maximum atomic E-state index is 13.2. The van der Waals surface area contributed by atoms with E-state index in [-0.39, 0.29) is 12.1 Å². The Hall–Kier alpha value is -1.52. The summed E-state index contributed by atoms with van der Waals surface area (Å²) in [7, 11) is -4.46. The van der Waals surface area contributed by atoms with E-state index in [2.05, 4.69) is 0 Å². The largest absolute Gasteiger partial charge is 0.247 e. The van der Waals surface area contributed by atoms with Gasteiger partial charge in [0.05, 0.1) is 6.04 Å². The van der Waals surface area contributed by atoms with Gasteiger partial charge in [0.1, 0.15) is 17.5 Å². The lowest BCUT2D eigenvalue weighted by atomic mass is 10.3. The number of benzene rings is 1. The standard InChI is InChI=1S/C10H8F3NO2S/c1-3-6(2)14-17(15,16)10-8(12)4-7(11)5-9(10)13/h1,4-6,14H,2H3. The van der Waals surface area contributed by atoms with E-state index in [0.717, 1.165) is 0 Å². The Kier molecular flexibility index (Phi) is 3.80. The van der Waals surface area contributed by atoms with Crippen molar-refractivity contribution >= 4 is 10.0 Å². The van der Waals surface area contributed by atoms with Gasteiger partial charge in [-0.05, 0) is 6.92 Å². The van der Waals surface area contributed by atoms with Crippen molar-refractivity contribution in [2.75, 3.05) is 0 Å². The van der Waals surface area contributed by atoms with E-state index in [4.69, 9.17) is 6.42 Å². The Labute approximate surface area is 96.7 Å². The molecule has 0 aliphatic rings. The van der Waals surface area contributed by atoms with Crippen molar-refractivity contribution in [1.82, 2.24) is 4.72 Å². The zero-order valence-electron chi connectivity index (χ0n) is 8.67. The highest BCUT2D eigenvalue weighted by Gasteiger charge is 2.26. The Balaban J connectivity index is 3.31. The van der Waals surface area contributed by atoms with Gasteiger partial charge in [-0.25, -0.2) is 21.6 Å². The molecule has 1 N–H and O–H groups in total. The summed E-state index contributed by atoms with van der Waals surface area (Å²) < 4.78 is 64.0. The van der Waals surface area contributed by atoms with Crippen molar-refractivity contribution < 1.29 is 21.6 Å². The molecule has 0 fully saturated rings. The topological polar surface area (TPSA) is 46.2 Å². The second-order valence-electron chi connectivity index (χ2n) is 3.21. The lowest BCUT2D eigenvalue weighted by molar-refractivity contribution is 0.493. The zero-order chi connectivity index (χ0) is 13.2. The fourth-order valence-electron chi connectivity index (χ4n) is 1.11. The molecule has 0 saturated heterocycles. The predicted octanol–water partition coefficient (Wildman–Crippen LogP) is 1.40. The van der Waals surface area contributed by atoms with Gasteiger partial charge in [-0.2, -0.15) is 4.72 Å². The van der Waals surface area contributed by atoms with Crippen LogP contribution in [0.1, 0.15) is 6.92 Å². The van der Waals surface area contributed by atoms with E-state index in [0.29, 0.717) is 0 Å². The molecule has 0 aromatic heterocycles. The van der Waals surface area contributed by atoms with E-state index in [1.54, 1.807) is 0 Å². The number of hydrogen-bond donors (Lipinski definition) is 1. The van der Waals surface area contributed by atoms with Crippen LogP contribution in [-0.2, 0) is 10.0 Å². The first-order chi connectivity index (χ1) is 7.77. The molecule has 0 saturated carbocycles. The molecule has 0 amide bonds. The van der Waals surface area contributed by atoms with Crippen LogP contribution in [0, 0.1) is 29.8 Å². The monoisotopic (exact) mass is 263 g/mol. The number of sulfonamides is 1. The smallest absolute Gasteiger partial charge is 0.207 e. The SMILES string of the molecule is C#CC(C)NS(=O)(=O)c1c(F)cc(F)cc1F. The van der Waals surface area contributed by atoms with Crippen LogP contribution < -0.4 is 4.72 Å². The normalized spacial score (nSPS) is 13.1. The molecule has 1 aromatic carbocycles. The van der Waals surface area contributed by atoms with Crippen molar-refractivity contribution in [3.63, 3.8) is 0 Å². The van der Waals surface area contributed by atoms with Crippen molar-refractivity contribution in [1.29, 1.82) is 0 Å². The minimum atomic E-state index is -4.46. The van der Waals surface area contributed by atoms with Crippen LogP contribution >= 0.6 is 0 Å². The number of halogens is 3. The van der Waals surface area contributed by atoms with Crippen LogP contribution in [-0.4, -0.2) is 14.5 Å². The quantitative estimate of drug-likeness (QED) is 0.838. The van der Waals surface area contributed by atoms with E-state index in [1.807, 2.05) is 10.6 Å². The van der Waals surface area contributed by atoms with Crippen LogP contribution in [0.4, 0.5) is 13.2 Å². The summed E-state index contributed by atoms with van der Waals surface area (Å²) >= 11 is 0. The van der Waals surface area contributed by atoms with Gasteiger partial charge < -0.3 is 0 Å². The second-order valence-corrected chi connectivity index (χ2v) is 4.86. The van der Waals surface area contributed by atoms with Crippen molar-refractivity contribution in [2.24, 2.45) is 0 Å². The average molecular weight is 263 g/mol. The van der Waals surface area contributed by atoms with E-state index in [9.17, 15) is 21.6 Å². The molecular weight excluding hydrogens is 255 g/mol. The van der Waals surface area contributed by atoms with Gasteiger partial charge >= 0.3 is 0 Å². The number of hydrogen-bond acceptors (Lipinski definition) is 2. The van der Waals surface area contributed by atoms with Gasteiger partial charge in [0.15, 0.2) is 4.90 Å². The third kappa shape index (κ3) is 2.99. The van der Waals surface area contributed by atoms with Crippen molar-refractivity contribution in [2.45, 2.75) is 17.9 Å². The van der Waals surface area contributed by atoms with E-state index >= 15 is 0 Å². The Morgan fingerprint density at radius 2 is 1.76 bits per heavy atom. The first kappa shape index (κ1) is 13.5. The molecule has 17 heavy (non-hydrogen) atoms. The van der Waals surface area contributed by atoms with Crippen molar-refractivity contribution in [3.8, 4) is 12.3 Å². The number of rotatable bonds is 3. The molecule has 1 unspecified atom stereocenters. The summed E-state index contributed by atoms with van der Waals surface area (Å²) in [6.07, 6.45) is 4.93. The zero-order valence-corrected chi connectivity index (χ0v) is 9.48. The summed E-state index contributed by atoms with van der Waals surface area (Å²) in [5.74, 6) is -2.20. The third-order valence-corrected chi connectivity index (χ3v) is 3.41. The molecule has 0 radical (unpaired) electrons. The maximum Gasteiger partial charge on any atom is 0.247 e. The molecule has 0 spiro atoms. The minimum Gasteiger partial charge on any atom is -0.207 e. The molecule has 1 atom stereocenters. The van der Waals surface area contributed by atoms with Gasteiger partial charge in [-0.3, -0.25) is 0 Å². The highest BCUT2D eigenvalue weighted by Crippen LogP contribution is 2.20. The summed E-state index contributed by atoms with van der Waals surface area (Å²) in [5.41, 5.74) is 0. The van der Waals surface area contributed by atoms with Gasteiger partial charge in [-0.1, -0.05) is 5.92 Å². The summed E-state index contributed by atoms with van der Waals surface area (Å²) in [6.45, 7) is 1.32. The van der Waals surface area contributed by atoms with Crippen LogP contribution in [0.25, 0.3) is 0 Å². The molecule has 0 heterocycles. The van der Waals surface area contributed by atoms with Gasteiger partial charge in [0.25, 0.3) is 0 Å². The predicted molar refractivity (Wildman–Crippen MR) is 54.9 cm³/mol. The highest BCUT2D eigenvalue weighted by molar-refractivity contribution is 7.89. The molecule has 0 aliphatic heterocycles. The fraction of sp³-hybridized carbons (Fsp3) is 0.200. The first-order valence-corrected chi connectivity index (χ1v) is 5.89. The van der Waals surface area contributed by atoms with Gasteiger partial charge in [-0.15, -0.1) is 6.42 Å². The number of nitrogens with one attached hydrogen (secondary N) is 1. The molecule has 92 valence electrons. The van der Waals surface area contributed by atoms with E-state index < -0.39 is 38.4 Å². The van der Waals surface area contributed by atoms with Gasteiger partial charge in [0.2, 0.25) is 10.0 Å². The lowest BCUT2D eigenvalue weighted by Gasteiger charge is -2.10. The molecule has 7 heteroatoms. The van der Waals surface area contributed by atoms with Gasteiger partial charge in [0, 0.05) is 12.1 Å². The van der Waals surface area contributed by atoms with Crippen molar-refractivity contribution in [3.05, 3.63) is 29.6 Å². The minimum absolute atomic E-state index is 0.276. The summed E-state index contributed by atoms with van der Waals surface area (Å²) in [6, 6.07) is -0.389. The van der Waals surface area contributed by atoms with Crippen LogP contribution in [0.3, 0.4) is 0 Å². The molecule has 0 bridgehead atoms. The molecule has 1 rings (SSSR count). The number of terminal acetylenes is 1. The van der Waals surface area contributed by atoms with Crippen LogP contribution in [0.15, 0.2) is 17.0 Å². The highest BCUT2D eigenvalue weighted by atomic mass is 32.2.